The van der Waals surface area contributed by atoms with Crippen LogP contribution in [0.25, 0.3) is 22.2 Å². The van der Waals surface area contributed by atoms with Crippen LogP contribution in [0.5, 0.6) is 0 Å². The van der Waals surface area contributed by atoms with E-state index in [4.69, 9.17) is 24.3 Å². The van der Waals surface area contributed by atoms with Gasteiger partial charge in [0.2, 0.25) is 0 Å². The Kier molecular flexibility index (Phi) is 7.95. The molecule has 7 N–H and O–H groups in total. The highest BCUT2D eigenvalue weighted by Crippen LogP contribution is 2.50. The van der Waals surface area contributed by atoms with E-state index in [1.54, 1.807) is 10.6 Å². The lowest BCUT2D eigenvalue weighted by Crippen LogP contribution is -2.36. The number of phosphoric acid groups is 2. The van der Waals surface area contributed by atoms with Crippen molar-refractivity contribution in [1.82, 2.24) is 34.1 Å². The number of phosphoric ester groups is 2. The van der Waals surface area contributed by atoms with Crippen molar-refractivity contribution in [2.45, 2.75) is 49.7 Å². The van der Waals surface area contributed by atoms with E-state index in [0.29, 0.717) is 23.9 Å². The largest absolute Gasteiger partial charge is 0.472 e. The van der Waals surface area contributed by atoms with Gasteiger partial charge in [-0.25, -0.2) is 29.1 Å². The van der Waals surface area contributed by atoms with E-state index in [2.05, 4.69) is 29.4 Å². The van der Waals surface area contributed by atoms with Crippen molar-refractivity contribution in [3.8, 4) is 0 Å². The van der Waals surface area contributed by atoms with Crippen molar-refractivity contribution in [2.24, 2.45) is 0 Å². The van der Waals surface area contributed by atoms with Crippen LogP contribution in [0.4, 0.5) is 5.82 Å². The van der Waals surface area contributed by atoms with Crippen LogP contribution in [0, 0.1) is 0 Å². The van der Waals surface area contributed by atoms with Crippen LogP contribution in [-0.4, -0.2) is 91.5 Å². The van der Waals surface area contributed by atoms with Gasteiger partial charge in [0.25, 0.3) is 5.56 Å². The smallest absolute Gasteiger partial charge is 0.386 e. The number of nitrogen functional groups attached to an aromatic ring is 1. The zero-order valence-electron chi connectivity index (χ0n) is 21.9. The second-order valence-electron chi connectivity index (χ2n) is 9.74. The molecule has 2 saturated heterocycles. The number of hydrogen-bond donors (Lipinski definition) is 6. The van der Waals surface area contributed by atoms with E-state index in [9.17, 15) is 33.7 Å². The van der Waals surface area contributed by atoms with Crippen LogP contribution >= 0.6 is 15.6 Å². The number of anilines is 1. The molecule has 232 valence electrons. The molecule has 0 amide bonds. The Morgan fingerprint density at radius 2 is 1.86 bits per heavy atom. The molecule has 7 atom stereocenters. The maximum absolute atomic E-state index is 13.0. The molecule has 0 saturated carbocycles. The summed E-state index contributed by atoms with van der Waals surface area (Å²) in [7, 11) is -9.90. The van der Waals surface area contributed by atoms with Crippen LogP contribution in [0.3, 0.4) is 0 Å². The highest BCUT2D eigenvalue weighted by molar-refractivity contribution is 7.47. The van der Waals surface area contributed by atoms with Crippen molar-refractivity contribution in [3.05, 3.63) is 41.6 Å². The van der Waals surface area contributed by atoms with Crippen molar-refractivity contribution in [2.75, 3.05) is 18.9 Å². The number of hydrogen-bond acceptors (Lipinski definition) is 14. The van der Waals surface area contributed by atoms with Crippen LogP contribution in [0.15, 0.2) is 36.0 Å². The van der Waals surface area contributed by atoms with Gasteiger partial charge >= 0.3 is 15.6 Å². The summed E-state index contributed by atoms with van der Waals surface area (Å²) in [6.45, 7) is -1.19. The maximum Gasteiger partial charge on any atom is 0.472 e. The molecule has 2 aliphatic rings. The van der Waals surface area contributed by atoms with Gasteiger partial charge in [0.1, 0.15) is 42.3 Å². The van der Waals surface area contributed by atoms with E-state index in [1.807, 2.05) is 0 Å². The lowest BCUT2D eigenvalue weighted by molar-refractivity contribution is -0.0512. The quantitative estimate of drug-likeness (QED) is 0.121. The molecule has 0 aromatic carbocycles. The average Bonchev–Trinajstić information content (AvgIpc) is 3.73. The van der Waals surface area contributed by atoms with E-state index < -0.39 is 64.7 Å². The maximum atomic E-state index is 13.0. The third kappa shape index (κ3) is 6.13. The molecule has 0 aliphatic carbocycles. The number of imidazole rings is 1. The average molecular weight is 644 g/mol. The molecular weight excluding hydrogens is 618 g/mol. The number of rotatable bonds is 10. The Balaban J connectivity index is 1.14. The van der Waals surface area contributed by atoms with Gasteiger partial charge in [-0.15, -0.1) is 0 Å². The minimum atomic E-state index is -4.98. The lowest BCUT2D eigenvalue weighted by Gasteiger charge is -2.24. The minimum absolute atomic E-state index is 0.135. The highest BCUT2D eigenvalue weighted by atomic mass is 31.2. The minimum Gasteiger partial charge on any atom is -0.386 e. The molecular formula is C21H26N8O12P2. The summed E-state index contributed by atoms with van der Waals surface area (Å²) in [5.74, 6) is 0.154. The van der Waals surface area contributed by atoms with Crippen molar-refractivity contribution >= 4 is 43.7 Å². The number of aliphatic hydroxyl groups excluding tert-OH is 1. The van der Waals surface area contributed by atoms with Gasteiger partial charge in [-0.1, -0.05) is 0 Å². The van der Waals surface area contributed by atoms with Gasteiger partial charge < -0.3 is 44.5 Å². The first kappa shape index (κ1) is 29.9. The summed E-state index contributed by atoms with van der Waals surface area (Å²) >= 11 is 0. The first-order valence-electron chi connectivity index (χ1n) is 12.7. The van der Waals surface area contributed by atoms with E-state index in [1.165, 1.54) is 29.7 Å². The van der Waals surface area contributed by atoms with Gasteiger partial charge in [-0.05, 0) is 18.9 Å². The predicted molar refractivity (Wildman–Crippen MR) is 142 cm³/mol. The Morgan fingerprint density at radius 3 is 2.65 bits per heavy atom. The van der Waals surface area contributed by atoms with E-state index in [0.717, 1.165) is 0 Å². The van der Waals surface area contributed by atoms with Gasteiger partial charge in [0.15, 0.2) is 17.4 Å². The number of nitrogens with zero attached hydrogens (tertiary/aromatic N) is 6. The molecule has 43 heavy (non-hydrogen) atoms. The second-order valence-corrected chi connectivity index (χ2v) is 12.4. The summed E-state index contributed by atoms with van der Waals surface area (Å²) < 4.78 is 53.9. The molecule has 20 nitrogen and oxygen atoms in total. The van der Waals surface area contributed by atoms with Crippen molar-refractivity contribution in [1.29, 1.82) is 0 Å². The number of aliphatic hydroxyl groups is 1. The van der Waals surface area contributed by atoms with Crippen molar-refractivity contribution in [3.63, 3.8) is 0 Å². The molecule has 2 fully saturated rings. The molecule has 3 unspecified atom stereocenters. The Bertz CT molecular complexity index is 1790. The van der Waals surface area contributed by atoms with Gasteiger partial charge in [-0.2, -0.15) is 0 Å². The topological polar surface area (TPSA) is 282 Å². The molecule has 6 rings (SSSR count). The number of aromatic amines is 1. The fourth-order valence-corrected chi connectivity index (χ4v) is 6.35. The number of nitrogens with two attached hydrogens (primary N) is 1. The van der Waals surface area contributed by atoms with Crippen LogP contribution in [0.1, 0.15) is 25.3 Å². The fraction of sp³-hybridized carbons (Fsp3) is 0.476. The van der Waals surface area contributed by atoms with Gasteiger partial charge in [-0.3, -0.25) is 22.9 Å². The number of aromatic nitrogens is 7. The molecule has 0 radical (unpaired) electrons. The summed E-state index contributed by atoms with van der Waals surface area (Å²) in [6.07, 6.45) is -1.04. The third-order valence-corrected chi connectivity index (χ3v) is 8.44. The van der Waals surface area contributed by atoms with E-state index >= 15 is 0 Å². The Morgan fingerprint density at radius 1 is 1.05 bits per heavy atom. The molecule has 4 aromatic rings. The zero-order chi connectivity index (χ0) is 30.5. The first-order valence-corrected chi connectivity index (χ1v) is 15.7. The van der Waals surface area contributed by atoms with Crippen LogP contribution in [-0.2, 0) is 32.2 Å². The summed E-state index contributed by atoms with van der Waals surface area (Å²) in [6, 6.07) is 1.56. The standard InChI is InChI=1S/C21H26N8O12P2/c22-17-11-3-4-28(18(11)24-7-23-17)21-15(30)16(12(40-21)6-37-42(32,33)34)41-43(35,36)38-5-10-1-2-13(39-10)29-9-27-14-19(29)25-8-26-20(14)31/h3-4,7-10,12-13,15-16,21,30H,1-2,5-6H2,(H,35,36)(H2,22,23,24)(H,25,26,31)(H2,32,33,34)/t10?,12?,13-,15-,16-,21-/m1/s1. The van der Waals surface area contributed by atoms with Crippen molar-refractivity contribution < 1.29 is 52.0 Å². The molecule has 2 aliphatic heterocycles. The summed E-state index contributed by atoms with van der Waals surface area (Å²) in [4.78, 5) is 59.4. The summed E-state index contributed by atoms with van der Waals surface area (Å²) in [5.41, 5.74) is 6.16. The molecule has 0 spiro atoms. The number of H-pyrrole nitrogens is 1. The molecule has 4 aromatic heterocycles. The predicted octanol–water partition coefficient (Wildman–Crippen LogP) is -0.306. The second kappa shape index (κ2) is 11.4. The molecule has 22 heteroatoms. The molecule has 6 heterocycles. The Labute approximate surface area is 240 Å². The number of ether oxygens (including phenoxy) is 2. The Hall–Kier alpha value is -3.13. The van der Waals surface area contributed by atoms with Crippen LogP contribution < -0.4 is 11.3 Å². The van der Waals surface area contributed by atoms with Gasteiger partial charge in [0.05, 0.1) is 37.4 Å². The SMILES string of the molecule is Nc1ncnc2c1ccn2[C@@H]1OC(COP(=O)(O)O)[C@@H](OP(=O)(O)OCC2CC[C@H](n3cnc4c(=O)[nH]cnc43)O2)[C@H]1O. The van der Waals surface area contributed by atoms with Gasteiger partial charge in [0, 0.05) is 6.20 Å². The lowest BCUT2D eigenvalue weighted by atomic mass is 10.1. The van der Waals surface area contributed by atoms with E-state index in [-0.39, 0.29) is 23.6 Å². The number of nitrogens with one attached hydrogen (secondary N) is 1. The summed E-state index contributed by atoms with van der Waals surface area (Å²) in [5, 5.41) is 11.5. The fourth-order valence-electron chi connectivity index (χ4n) is 5.03. The zero-order valence-corrected chi connectivity index (χ0v) is 23.7. The molecule has 0 bridgehead atoms. The third-order valence-electron chi connectivity index (χ3n) is 6.97. The monoisotopic (exact) mass is 644 g/mol. The highest BCUT2D eigenvalue weighted by Gasteiger charge is 2.50. The number of fused-ring (bicyclic) bond motifs is 2. The van der Waals surface area contributed by atoms with Crippen LogP contribution in [0.2, 0.25) is 0 Å². The normalized spacial score (nSPS) is 27.7. The first-order chi connectivity index (χ1) is 20.4.